The van der Waals surface area contributed by atoms with Gasteiger partial charge in [0, 0.05) is 11.8 Å². The number of alkyl halides is 2. The molecule has 0 saturated carbocycles. The van der Waals surface area contributed by atoms with Gasteiger partial charge in [-0.3, -0.25) is 0 Å². The van der Waals surface area contributed by atoms with E-state index in [4.69, 9.17) is 0 Å². The van der Waals surface area contributed by atoms with Crippen molar-refractivity contribution in [2.24, 2.45) is 0 Å². The molecular formula is C10H14F2N2. The molecule has 0 spiro atoms. The van der Waals surface area contributed by atoms with Gasteiger partial charge in [0.2, 0.25) is 0 Å². The van der Waals surface area contributed by atoms with E-state index in [-0.39, 0.29) is 0 Å². The Morgan fingerprint density at radius 2 is 2.14 bits per heavy atom. The molecule has 0 radical (unpaired) electrons. The van der Waals surface area contributed by atoms with E-state index in [0.29, 0.717) is 4.68 Å². The summed E-state index contributed by atoms with van der Waals surface area (Å²) >= 11 is 0. The van der Waals surface area contributed by atoms with Crippen molar-refractivity contribution >= 4 is 5.57 Å². The molecule has 2 nitrogen and oxygen atoms in total. The van der Waals surface area contributed by atoms with Crippen LogP contribution in [0.15, 0.2) is 18.0 Å². The van der Waals surface area contributed by atoms with Crippen molar-refractivity contribution in [3.63, 3.8) is 0 Å². The molecule has 14 heavy (non-hydrogen) atoms. The first-order chi connectivity index (χ1) is 6.56. The number of hydrogen-bond acceptors (Lipinski definition) is 1. The number of allylic oxidation sites excluding steroid dienone is 2. The first kappa shape index (κ1) is 10.9. The summed E-state index contributed by atoms with van der Waals surface area (Å²) in [6.45, 7) is 3.40. The summed E-state index contributed by atoms with van der Waals surface area (Å²) in [4.78, 5) is 0. The van der Waals surface area contributed by atoms with Gasteiger partial charge in [0.15, 0.2) is 0 Å². The van der Waals surface area contributed by atoms with Gasteiger partial charge >= 0.3 is 6.55 Å². The van der Waals surface area contributed by atoms with E-state index in [1.54, 1.807) is 0 Å². The van der Waals surface area contributed by atoms with Crippen LogP contribution in [0, 0.1) is 0 Å². The minimum atomic E-state index is -2.56. The highest BCUT2D eigenvalue weighted by Crippen LogP contribution is 2.20. The molecule has 0 amide bonds. The number of aromatic nitrogens is 2. The summed E-state index contributed by atoms with van der Waals surface area (Å²) in [6, 6.07) is 0. The number of nitrogens with zero attached hydrogens (tertiary/aromatic N) is 2. The van der Waals surface area contributed by atoms with Crippen LogP contribution in [-0.2, 0) is 0 Å². The minimum Gasteiger partial charge on any atom is -0.211 e. The highest BCUT2D eigenvalue weighted by atomic mass is 19.3. The fourth-order valence-electron chi connectivity index (χ4n) is 1.15. The molecule has 0 aliphatic heterocycles. The molecule has 0 aliphatic rings. The normalized spacial score (nSPS) is 13.3. The molecule has 1 aromatic heterocycles. The predicted molar refractivity (Wildman–Crippen MR) is 52.0 cm³/mol. The molecule has 0 unspecified atom stereocenters. The van der Waals surface area contributed by atoms with Crippen LogP contribution in [0.4, 0.5) is 8.78 Å². The second-order valence-electron chi connectivity index (χ2n) is 3.25. The summed E-state index contributed by atoms with van der Waals surface area (Å²) in [5.41, 5.74) is 2.99. The third-order valence-electron chi connectivity index (χ3n) is 2.40. The van der Waals surface area contributed by atoms with Crippen molar-refractivity contribution in [1.29, 1.82) is 0 Å². The van der Waals surface area contributed by atoms with Crippen molar-refractivity contribution in [2.75, 3.05) is 0 Å². The predicted octanol–water partition coefficient (Wildman–Crippen LogP) is 3.48. The van der Waals surface area contributed by atoms with Gasteiger partial charge in [-0.25, -0.2) is 4.68 Å². The second kappa shape index (κ2) is 4.35. The quantitative estimate of drug-likeness (QED) is 0.730. The molecule has 0 aromatic carbocycles. The summed E-state index contributed by atoms with van der Waals surface area (Å²) in [6.07, 6.45) is 3.77. The van der Waals surface area contributed by atoms with Gasteiger partial charge in [-0.2, -0.15) is 13.9 Å². The smallest absolute Gasteiger partial charge is 0.211 e. The van der Waals surface area contributed by atoms with Crippen LogP contribution in [0.3, 0.4) is 0 Å². The summed E-state index contributed by atoms with van der Waals surface area (Å²) in [7, 11) is 0. The first-order valence-electron chi connectivity index (χ1n) is 4.55. The third-order valence-corrected chi connectivity index (χ3v) is 2.40. The average molecular weight is 200 g/mol. The standard InChI is InChI=1S/C10H14F2N2/c1-4-7(2)8(3)9-5-13-14(6-9)10(11)12/h5-6,10H,4H2,1-3H3/b8-7-. The SMILES string of the molecule is CC/C(C)=C(/C)c1cnn(C(F)F)c1. The lowest BCUT2D eigenvalue weighted by Gasteiger charge is -2.02. The van der Waals surface area contributed by atoms with Crippen LogP contribution in [0.25, 0.3) is 5.57 Å². The van der Waals surface area contributed by atoms with Gasteiger partial charge in [0.1, 0.15) is 0 Å². The van der Waals surface area contributed by atoms with Gasteiger partial charge in [0.25, 0.3) is 0 Å². The Kier molecular flexibility index (Phi) is 3.38. The Hall–Kier alpha value is -1.19. The van der Waals surface area contributed by atoms with Crippen molar-refractivity contribution in [3.8, 4) is 0 Å². The molecule has 0 aliphatic carbocycles. The average Bonchev–Trinajstić information content (AvgIpc) is 2.64. The maximum atomic E-state index is 12.2. The third kappa shape index (κ3) is 2.19. The van der Waals surface area contributed by atoms with Gasteiger partial charge < -0.3 is 0 Å². The monoisotopic (exact) mass is 200 g/mol. The maximum Gasteiger partial charge on any atom is 0.333 e. The number of halogens is 2. The molecule has 78 valence electrons. The molecule has 0 atom stereocenters. The lowest BCUT2D eigenvalue weighted by Crippen LogP contribution is -1.96. The van der Waals surface area contributed by atoms with E-state index in [9.17, 15) is 8.78 Å². The van der Waals surface area contributed by atoms with Gasteiger partial charge in [-0.1, -0.05) is 12.5 Å². The van der Waals surface area contributed by atoms with E-state index >= 15 is 0 Å². The van der Waals surface area contributed by atoms with Gasteiger partial charge in [-0.15, -0.1) is 0 Å². The first-order valence-corrected chi connectivity index (χ1v) is 4.55. The zero-order chi connectivity index (χ0) is 10.7. The van der Waals surface area contributed by atoms with E-state index in [1.165, 1.54) is 18.0 Å². The minimum absolute atomic E-state index is 0.668. The molecule has 0 N–H and O–H groups in total. The second-order valence-corrected chi connectivity index (χ2v) is 3.25. The number of rotatable bonds is 3. The van der Waals surface area contributed by atoms with Gasteiger partial charge in [-0.05, 0) is 25.8 Å². The highest BCUT2D eigenvalue weighted by molar-refractivity contribution is 5.65. The fourth-order valence-corrected chi connectivity index (χ4v) is 1.15. The molecule has 0 bridgehead atoms. The van der Waals surface area contributed by atoms with Gasteiger partial charge in [0.05, 0.1) is 6.20 Å². The Morgan fingerprint density at radius 3 is 2.57 bits per heavy atom. The lowest BCUT2D eigenvalue weighted by atomic mass is 10.0. The molecule has 1 aromatic rings. The summed E-state index contributed by atoms with van der Waals surface area (Å²) < 4.78 is 25.1. The topological polar surface area (TPSA) is 17.8 Å². The van der Waals surface area contributed by atoms with Crippen LogP contribution in [-0.4, -0.2) is 9.78 Å². The Labute approximate surface area is 82.2 Å². The van der Waals surface area contributed by atoms with E-state index in [0.717, 1.165) is 17.6 Å². The molecule has 4 heteroatoms. The highest BCUT2D eigenvalue weighted by Gasteiger charge is 2.08. The van der Waals surface area contributed by atoms with E-state index < -0.39 is 6.55 Å². The zero-order valence-electron chi connectivity index (χ0n) is 8.59. The van der Waals surface area contributed by atoms with E-state index in [1.807, 2.05) is 20.8 Å². The van der Waals surface area contributed by atoms with Crippen molar-refractivity contribution in [2.45, 2.75) is 33.7 Å². The Bertz CT molecular complexity index is 340. The van der Waals surface area contributed by atoms with E-state index in [2.05, 4.69) is 5.10 Å². The fraction of sp³-hybridized carbons (Fsp3) is 0.500. The van der Waals surface area contributed by atoms with Crippen LogP contribution < -0.4 is 0 Å². The van der Waals surface area contributed by atoms with Crippen LogP contribution in [0.1, 0.15) is 39.3 Å². The van der Waals surface area contributed by atoms with Crippen LogP contribution in [0.5, 0.6) is 0 Å². The maximum absolute atomic E-state index is 12.2. The summed E-state index contributed by atoms with van der Waals surface area (Å²) in [5.74, 6) is 0. The molecular weight excluding hydrogens is 186 g/mol. The molecule has 0 saturated heterocycles. The van der Waals surface area contributed by atoms with Crippen molar-refractivity contribution < 1.29 is 8.78 Å². The lowest BCUT2D eigenvalue weighted by molar-refractivity contribution is 0.0566. The zero-order valence-corrected chi connectivity index (χ0v) is 8.59. The Morgan fingerprint density at radius 1 is 1.50 bits per heavy atom. The largest absolute Gasteiger partial charge is 0.333 e. The van der Waals surface area contributed by atoms with Crippen molar-refractivity contribution in [1.82, 2.24) is 9.78 Å². The van der Waals surface area contributed by atoms with Crippen molar-refractivity contribution in [3.05, 3.63) is 23.5 Å². The van der Waals surface area contributed by atoms with Crippen LogP contribution >= 0.6 is 0 Å². The molecule has 1 rings (SSSR count). The molecule has 0 fully saturated rings. The van der Waals surface area contributed by atoms with Crippen LogP contribution in [0.2, 0.25) is 0 Å². The molecule has 1 heterocycles. The number of hydrogen-bond donors (Lipinski definition) is 0. The summed E-state index contributed by atoms with van der Waals surface area (Å²) in [5, 5.41) is 3.59. The Balaban J connectivity index is 2.98.